The standard InChI is InChI=1S/C17H12N4O/c22-17-19-18-16-14(12-7-3-1-4-8-12)11-15(20-21(16)17)13-9-5-2-6-10-13/h1-11H,(H,19,22). The van der Waals surface area contributed by atoms with Crippen LogP contribution < -0.4 is 5.69 Å². The normalized spacial score (nSPS) is 10.9. The van der Waals surface area contributed by atoms with E-state index >= 15 is 0 Å². The van der Waals surface area contributed by atoms with Crippen LogP contribution in [0.1, 0.15) is 0 Å². The molecule has 22 heavy (non-hydrogen) atoms. The van der Waals surface area contributed by atoms with Gasteiger partial charge in [-0.3, -0.25) is 0 Å². The summed E-state index contributed by atoms with van der Waals surface area (Å²) in [6, 6.07) is 21.6. The molecule has 0 aliphatic rings. The van der Waals surface area contributed by atoms with E-state index in [-0.39, 0.29) is 5.69 Å². The molecule has 2 aromatic carbocycles. The molecule has 106 valence electrons. The molecule has 0 unspecified atom stereocenters. The van der Waals surface area contributed by atoms with E-state index in [1.54, 1.807) is 0 Å². The Balaban J connectivity index is 2.05. The van der Waals surface area contributed by atoms with E-state index in [1.807, 2.05) is 66.7 Å². The van der Waals surface area contributed by atoms with Gasteiger partial charge in [0.15, 0.2) is 5.65 Å². The first-order valence-electron chi connectivity index (χ1n) is 6.92. The Morgan fingerprint density at radius 1 is 0.864 bits per heavy atom. The zero-order chi connectivity index (χ0) is 14.9. The summed E-state index contributed by atoms with van der Waals surface area (Å²) in [6.45, 7) is 0. The number of hydrogen-bond acceptors (Lipinski definition) is 3. The molecule has 2 heterocycles. The number of aromatic amines is 1. The van der Waals surface area contributed by atoms with Crippen molar-refractivity contribution in [2.24, 2.45) is 0 Å². The molecule has 0 atom stereocenters. The van der Waals surface area contributed by atoms with Crippen LogP contribution in [0.2, 0.25) is 0 Å². The van der Waals surface area contributed by atoms with Gasteiger partial charge in [-0.1, -0.05) is 60.7 Å². The predicted octanol–water partition coefficient (Wildman–Crippen LogP) is 2.75. The fraction of sp³-hybridized carbons (Fsp3) is 0. The lowest BCUT2D eigenvalue weighted by atomic mass is 10.0. The van der Waals surface area contributed by atoms with Gasteiger partial charge in [0, 0.05) is 11.1 Å². The summed E-state index contributed by atoms with van der Waals surface area (Å²) in [7, 11) is 0. The van der Waals surface area contributed by atoms with Crippen molar-refractivity contribution in [2.75, 3.05) is 0 Å². The smallest absolute Gasteiger partial charge is 0.244 e. The largest absolute Gasteiger partial charge is 0.364 e. The first-order valence-corrected chi connectivity index (χ1v) is 6.92. The van der Waals surface area contributed by atoms with Gasteiger partial charge in [0.1, 0.15) is 0 Å². The zero-order valence-electron chi connectivity index (χ0n) is 11.6. The third-order valence-electron chi connectivity index (χ3n) is 3.53. The minimum Gasteiger partial charge on any atom is -0.244 e. The molecule has 1 N–H and O–H groups in total. The second kappa shape index (κ2) is 4.96. The van der Waals surface area contributed by atoms with Gasteiger partial charge < -0.3 is 0 Å². The second-order valence-corrected chi connectivity index (χ2v) is 4.94. The van der Waals surface area contributed by atoms with Gasteiger partial charge in [-0.15, -0.1) is 0 Å². The van der Waals surface area contributed by atoms with Crippen LogP contribution in [0.25, 0.3) is 28.0 Å². The number of hydrogen-bond donors (Lipinski definition) is 1. The van der Waals surface area contributed by atoms with E-state index in [0.29, 0.717) is 5.65 Å². The van der Waals surface area contributed by atoms with Gasteiger partial charge in [-0.05, 0) is 11.6 Å². The van der Waals surface area contributed by atoms with Gasteiger partial charge in [0.05, 0.1) is 5.69 Å². The van der Waals surface area contributed by atoms with Crippen molar-refractivity contribution in [1.82, 2.24) is 19.8 Å². The molecule has 0 amide bonds. The highest BCUT2D eigenvalue weighted by Gasteiger charge is 2.12. The minimum absolute atomic E-state index is 0.343. The third kappa shape index (κ3) is 2.00. The molecule has 0 radical (unpaired) electrons. The maximum absolute atomic E-state index is 11.9. The van der Waals surface area contributed by atoms with Crippen molar-refractivity contribution in [3.8, 4) is 22.4 Å². The Hall–Kier alpha value is -3.21. The van der Waals surface area contributed by atoms with E-state index in [4.69, 9.17) is 0 Å². The molecule has 0 bridgehead atoms. The fourth-order valence-electron chi connectivity index (χ4n) is 2.48. The van der Waals surface area contributed by atoms with E-state index in [9.17, 15) is 4.79 Å². The predicted molar refractivity (Wildman–Crippen MR) is 84.5 cm³/mol. The molecule has 0 saturated heterocycles. The van der Waals surface area contributed by atoms with Crippen molar-refractivity contribution in [3.63, 3.8) is 0 Å². The fourth-order valence-corrected chi connectivity index (χ4v) is 2.48. The monoisotopic (exact) mass is 288 g/mol. The first-order chi connectivity index (χ1) is 10.8. The van der Waals surface area contributed by atoms with E-state index in [0.717, 1.165) is 22.4 Å². The molecular weight excluding hydrogens is 276 g/mol. The van der Waals surface area contributed by atoms with Crippen molar-refractivity contribution >= 4 is 5.65 Å². The van der Waals surface area contributed by atoms with Crippen LogP contribution in [0.5, 0.6) is 0 Å². The van der Waals surface area contributed by atoms with Gasteiger partial charge in [0.25, 0.3) is 0 Å². The summed E-state index contributed by atoms with van der Waals surface area (Å²) in [4.78, 5) is 11.9. The molecule has 4 rings (SSSR count). The second-order valence-electron chi connectivity index (χ2n) is 4.94. The maximum atomic E-state index is 11.9. The van der Waals surface area contributed by atoms with Crippen LogP contribution in [0.15, 0.2) is 71.5 Å². The lowest BCUT2D eigenvalue weighted by Gasteiger charge is -2.06. The molecule has 5 nitrogen and oxygen atoms in total. The van der Waals surface area contributed by atoms with E-state index < -0.39 is 0 Å². The molecule has 4 aromatic rings. The molecule has 0 saturated carbocycles. The molecule has 0 fully saturated rings. The Labute approximate surface area is 125 Å². The summed E-state index contributed by atoms with van der Waals surface area (Å²) in [5.41, 5.74) is 3.73. The van der Waals surface area contributed by atoms with E-state index in [1.165, 1.54) is 4.52 Å². The lowest BCUT2D eigenvalue weighted by molar-refractivity contribution is 0.885. The number of aromatic nitrogens is 4. The number of fused-ring (bicyclic) bond motifs is 1. The van der Waals surface area contributed by atoms with Gasteiger partial charge in [-0.25, -0.2) is 9.89 Å². The number of benzene rings is 2. The van der Waals surface area contributed by atoms with Crippen LogP contribution >= 0.6 is 0 Å². The third-order valence-corrected chi connectivity index (χ3v) is 3.53. The average Bonchev–Trinajstić information content (AvgIpc) is 2.97. The topological polar surface area (TPSA) is 63.0 Å². The zero-order valence-corrected chi connectivity index (χ0v) is 11.6. The van der Waals surface area contributed by atoms with Crippen LogP contribution in [-0.4, -0.2) is 19.8 Å². The highest BCUT2D eigenvalue weighted by Crippen LogP contribution is 2.26. The van der Waals surface area contributed by atoms with Crippen molar-refractivity contribution in [3.05, 3.63) is 77.2 Å². The lowest BCUT2D eigenvalue weighted by Crippen LogP contribution is -2.13. The highest BCUT2D eigenvalue weighted by molar-refractivity contribution is 5.80. The molecule has 5 heteroatoms. The van der Waals surface area contributed by atoms with Crippen LogP contribution in [0.3, 0.4) is 0 Å². The van der Waals surface area contributed by atoms with Gasteiger partial charge in [-0.2, -0.15) is 14.7 Å². The molecular formula is C17H12N4O. The van der Waals surface area contributed by atoms with Crippen LogP contribution in [0, 0.1) is 0 Å². The Kier molecular flexibility index (Phi) is 2.83. The average molecular weight is 288 g/mol. The highest BCUT2D eigenvalue weighted by atomic mass is 16.2. The number of rotatable bonds is 2. The van der Waals surface area contributed by atoms with Gasteiger partial charge >= 0.3 is 5.69 Å². The SMILES string of the molecule is O=c1[nH]nc2c(-c3ccccc3)cc(-c3ccccc3)nn12. The Bertz CT molecular complexity index is 988. The van der Waals surface area contributed by atoms with Crippen LogP contribution in [0.4, 0.5) is 0 Å². The summed E-state index contributed by atoms with van der Waals surface area (Å²) < 4.78 is 1.31. The Morgan fingerprint density at radius 3 is 2.18 bits per heavy atom. The summed E-state index contributed by atoms with van der Waals surface area (Å²) >= 11 is 0. The number of nitrogens with one attached hydrogen (secondary N) is 1. The summed E-state index contributed by atoms with van der Waals surface area (Å²) in [5.74, 6) is 0. The van der Waals surface area contributed by atoms with Crippen molar-refractivity contribution in [2.45, 2.75) is 0 Å². The maximum Gasteiger partial charge on any atom is 0.364 e. The number of H-pyrrole nitrogens is 1. The first kappa shape index (κ1) is 12.5. The quantitative estimate of drug-likeness (QED) is 0.617. The van der Waals surface area contributed by atoms with E-state index in [2.05, 4.69) is 15.3 Å². The van der Waals surface area contributed by atoms with Crippen molar-refractivity contribution < 1.29 is 0 Å². The van der Waals surface area contributed by atoms with Crippen LogP contribution in [-0.2, 0) is 0 Å². The minimum atomic E-state index is -0.343. The summed E-state index contributed by atoms with van der Waals surface area (Å²) in [6.07, 6.45) is 0. The molecule has 2 aromatic heterocycles. The molecule has 0 aliphatic carbocycles. The molecule has 0 spiro atoms. The summed E-state index contributed by atoms with van der Waals surface area (Å²) in [5, 5.41) is 11.0. The van der Waals surface area contributed by atoms with Crippen molar-refractivity contribution in [1.29, 1.82) is 0 Å². The molecule has 0 aliphatic heterocycles. The Morgan fingerprint density at radius 2 is 1.50 bits per heavy atom. The van der Waals surface area contributed by atoms with Gasteiger partial charge in [0.2, 0.25) is 0 Å². The number of nitrogens with zero attached hydrogens (tertiary/aromatic N) is 3.